The highest BCUT2D eigenvalue weighted by Crippen LogP contribution is 2.29. The lowest BCUT2D eigenvalue weighted by atomic mass is 10.2. The van der Waals surface area contributed by atoms with Crippen molar-refractivity contribution in [1.29, 1.82) is 0 Å². The Morgan fingerprint density at radius 2 is 2.10 bits per heavy atom. The number of thioether (sulfide) groups is 1. The summed E-state index contributed by atoms with van der Waals surface area (Å²) in [6.07, 6.45) is 0. The standard InChI is InChI=1S/C14H10BrFN2OS/c15-11-3-1-9(16)5-8(11)7-20-14-18-12-4-2-10(17)6-13(12)19-14/h1-6H,7,17H2. The highest BCUT2D eigenvalue weighted by Gasteiger charge is 2.09. The smallest absolute Gasteiger partial charge is 0.257 e. The number of hydrogen-bond donors (Lipinski definition) is 1. The average Bonchev–Trinajstić information content (AvgIpc) is 2.81. The Hall–Kier alpha value is -1.53. The fourth-order valence-corrected chi connectivity index (χ4v) is 3.18. The minimum absolute atomic E-state index is 0.255. The molecule has 20 heavy (non-hydrogen) atoms. The van der Waals surface area contributed by atoms with Gasteiger partial charge in [0.2, 0.25) is 0 Å². The average molecular weight is 353 g/mol. The van der Waals surface area contributed by atoms with Crippen LogP contribution in [0.5, 0.6) is 0 Å². The molecule has 3 nitrogen and oxygen atoms in total. The number of anilines is 1. The van der Waals surface area contributed by atoms with Gasteiger partial charge in [0.1, 0.15) is 11.3 Å². The number of fused-ring (bicyclic) bond motifs is 1. The number of rotatable bonds is 3. The first-order chi connectivity index (χ1) is 9.61. The fraction of sp³-hybridized carbons (Fsp3) is 0.0714. The van der Waals surface area contributed by atoms with Gasteiger partial charge in [-0.1, -0.05) is 27.7 Å². The number of nitrogens with zero attached hydrogens (tertiary/aromatic N) is 1. The maximum atomic E-state index is 13.2. The summed E-state index contributed by atoms with van der Waals surface area (Å²) in [4.78, 5) is 4.35. The van der Waals surface area contributed by atoms with Gasteiger partial charge < -0.3 is 10.2 Å². The zero-order valence-electron chi connectivity index (χ0n) is 10.3. The molecule has 0 bridgehead atoms. The third-order valence-electron chi connectivity index (χ3n) is 2.75. The lowest BCUT2D eigenvalue weighted by molar-refractivity contribution is 0.489. The number of aromatic nitrogens is 1. The summed E-state index contributed by atoms with van der Waals surface area (Å²) in [5.74, 6) is 0.315. The van der Waals surface area contributed by atoms with Crippen LogP contribution in [-0.2, 0) is 5.75 Å². The number of benzene rings is 2. The Bertz CT molecular complexity index is 775. The largest absolute Gasteiger partial charge is 0.431 e. The Morgan fingerprint density at radius 1 is 1.25 bits per heavy atom. The molecule has 0 aliphatic carbocycles. The molecule has 2 N–H and O–H groups in total. The van der Waals surface area contributed by atoms with Gasteiger partial charge in [-0.15, -0.1) is 0 Å². The van der Waals surface area contributed by atoms with E-state index in [9.17, 15) is 4.39 Å². The Labute approximate surface area is 127 Å². The molecule has 0 aliphatic heterocycles. The quantitative estimate of drug-likeness (QED) is 0.552. The van der Waals surface area contributed by atoms with Crippen LogP contribution >= 0.6 is 27.7 Å². The van der Waals surface area contributed by atoms with Crippen molar-refractivity contribution in [2.75, 3.05) is 5.73 Å². The lowest BCUT2D eigenvalue weighted by Gasteiger charge is -2.02. The van der Waals surface area contributed by atoms with E-state index < -0.39 is 0 Å². The van der Waals surface area contributed by atoms with Crippen molar-refractivity contribution < 1.29 is 8.81 Å². The third-order valence-corrected chi connectivity index (χ3v) is 4.40. The molecule has 2 aromatic carbocycles. The second kappa shape index (κ2) is 5.46. The van der Waals surface area contributed by atoms with Crippen LogP contribution in [0, 0.1) is 5.82 Å². The van der Waals surface area contributed by atoms with Crippen molar-refractivity contribution in [2.45, 2.75) is 11.0 Å². The Kier molecular flexibility index (Phi) is 3.67. The van der Waals surface area contributed by atoms with Crippen molar-refractivity contribution in [1.82, 2.24) is 4.98 Å². The molecule has 1 aromatic heterocycles. The van der Waals surface area contributed by atoms with Crippen LogP contribution in [0.4, 0.5) is 10.1 Å². The van der Waals surface area contributed by atoms with Gasteiger partial charge in [-0.25, -0.2) is 9.37 Å². The van der Waals surface area contributed by atoms with E-state index >= 15 is 0 Å². The van der Waals surface area contributed by atoms with E-state index in [4.69, 9.17) is 10.2 Å². The number of halogens is 2. The van der Waals surface area contributed by atoms with Crippen molar-refractivity contribution in [3.05, 3.63) is 52.3 Å². The van der Waals surface area contributed by atoms with Gasteiger partial charge in [0.15, 0.2) is 5.58 Å². The summed E-state index contributed by atoms with van der Waals surface area (Å²) in [6.45, 7) is 0. The molecular weight excluding hydrogens is 343 g/mol. The molecular formula is C14H10BrFN2OS. The minimum atomic E-state index is -0.255. The van der Waals surface area contributed by atoms with Gasteiger partial charge >= 0.3 is 0 Å². The summed E-state index contributed by atoms with van der Waals surface area (Å²) in [6, 6.07) is 9.94. The van der Waals surface area contributed by atoms with E-state index in [0.29, 0.717) is 22.2 Å². The summed E-state index contributed by atoms with van der Waals surface area (Å²) in [5, 5.41) is 0.543. The molecule has 0 atom stereocenters. The molecule has 0 saturated carbocycles. The summed E-state index contributed by atoms with van der Waals surface area (Å²) >= 11 is 4.81. The van der Waals surface area contributed by atoms with Crippen molar-refractivity contribution >= 4 is 44.5 Å². The van der Waals surface area contributed by atoms with E-state index in [1.165, 1.54) is 23.9 Å². The summed E-state index contributed by atoms with van der Waals surface area (Å²) in [5.41, 5.74) is 8.61. The molecule has 1 heterocycles. The second-order valence-electron chi connectivity index (χ2n) is 4.23. The van der Waals surface area contributed by atoms with Gasteiger partial charge in [-0.2, -0.15) is 0 Å². The van der Waals surface area contributed by atoms with Gasteiger partial charge in [0, 0.05) is 22.0 Å². The molecule has 0 aliphatic rings. The zero-order chi connectivity index (χ0) is 14.1. The minimum Gasteiger partial charge on any atom is -0.431 e. The first-order valence-electron chi connectivity index (χ1n) is 5.84. The molecule has 0 spiro atoms. The van der Waals surface area contributed by atoms with E-state index in [-0.39, 0.29) is 5.82 Å². The molecule has 0 saturated heterocycles. The summed E-state index contributed by atoms with van der Waals surface area (Å²) in [7, 11) is 0. The molecule has 0 unspecified atom stereocenters. The van der Waals surface area contributed by atoms with Crippen LogP contribution in [0.3, 0.4) is 0 Å². The van der Waals surface area contributed by atoms with E-state index in [1.807, 2.05) is 6.07 Å². The van der Waals surface area contributed by atoms with E-state index in [1.54, 1.807) is 18.2 Å². The van der Waals surface area contributed by atoms with Crippen LogP contribution in [-0.4, -0.2) is 4.98 Å². The first-order valence-corrected chi connectivity index (χ1v) is 7.62. The lowest BCUT2D eigenvalue weighted by Crippen LogP contribution is -1.85. The Morgan fingerprint density at radius 3 is 2.95 bits per heavy atom. The highest BCUT2D eigenvalue weighted by molar-refractivity contribution is 9.10. The number of nitrogen functional groups attached to an aromatic ring is 1. The van der Waals surface area contributed by atoms with E-state index in [0.717, 1.165) is 15.6 Å². The predicted octanol–water partition coefficient (Wildman–Crippen LogP) is 4.60. The molecule has 3 rings (SSSR count). The topological polar surface area (TPSA) is 52.0 Å². The molecule has 0 amide bonds. The fourth-order valence-electron chi connectivity index (χ4n) is 1.78. The van der Waals surface area contributed by atoms with Crippen LogP contribution in [0.25, 0.3) is 11.1 Å². The predicted molar refractivity (Wildman–Crippen MR) is 82.1 cm³/mol. The first kappa shape index (κ1) is 13.5. The second-order valence-corrected chi connectivity index (χ2v) is 6.01. The van der Waals surface area contributed by atoms with Crippen LogP contribution < -0.4 is 5.73 Å². The Balaban J connectivity index is 1.81. The van der Waals surface area contributed by atoms with Crippen molar-refractivity contribution in [3.63, 3.8) is 0 Å². The number of nitrogens with two attached hydrogens (primary N) is 1. The van der Waals surface area contributed by atoms with Crippen molar-refractivity contribution in [3.8, 4) is 0 Å². The molecule has 3 aromatic rings. The van der Waals surface area contributed by atoms with E-state index in [2.05, 4.69) is 20.9 Å². The van der Waals surface area contributed by atoms with Crippen LogP contribution in [0.2, 0.25) is 0 Å². The van der Waals surface area contributed by atoms with Gasteiger partial charge in [-0.3, -0.25) is 0 Å². The maximum Gasteiger partial charge on any atom is 0.257 e. The monoisotopic (exact) mass is 352 g/mol. The van der Waals surface area contributed by atoms with Crippen molar-refractivity contribution in [2.24, 2.45) is 0 Å². The number of oxazole rings is 1. The maximum absolute atomic E-state index is 13.2. The SMILES string of the molecule is Nc1ccc2nc(SCc3cc(F)ccc3Br)oc2c1. The zero-order valence-corrected chi connectivity index (χ0v) is 12.7. The van der Waals surface area contributed by atoms with Gasteiger partial charge in [0.25, 0.3) is 5.22 Å². The van der Waals surface area contributed by atoms with Crippen LogP contribution in [0.15, 0.2) is 50.5 Å². The molecule has 6 heteroatoms. The summed E-state index contributed by atoms with van der Waals surface area (Å²) < 4.78 is 19.7. The van der Waals surface area contributed by atoms with Crippen LogP contribution in [0.1, 0.15) is 5.56 Å². The highest BCUT2D eigenvalue weighted by atomic mass is 79.9. The van der Waals surface area contributed by atoms with Gasteiger partial charge in [0.05, 0.1) is 0 Å². The third kappa shape index (κ3) is 2.81. The number of hydrogen-bond acceptors (Lipinski definition) is 4. The molecule has 102 valence electrons. The normalized spacial score (nSPS) is 11.1. The molecule has 0 fully saturated rings. The molecule has 0 radical (unpaired) electrons. The van der Waals surface area contributed by atoms with Gasteiger partial charge in [-0.05, 0) is 35.9 Å².